The van der Waals surface area contributed by atoms with Crippen molar-refractivity contribution in [2.45, 2.75) is 63.7 Å². The van der Waals surface area contributed by atoms with Crippen LogP contribution in [-0.2, 0) is 24.0 Å². The van der Waals surface area contributed by atoms with Crippen molar-refractivity contribution in [2.75, 3.05) is 13.2 Å². The summed E-state index contributed by atoms with van der Waals surface area (Å²) in [6.45, 7) is 2.99. The van der Waals surface area contributed by atoms with Gasteiger partial charge in [-0.1, -0.05) is 20.3 Å². The standard InChI is InChI=1S/C18H31N5O7/c1-3-9(2)14(20)16(27)22-11(8-24)15(26)21-10(7-13(19)25)17(28)23-6-4-5-12(23)18(29)30/h9-12,14,24H,3-8,20H2,1-2H3,(H2,19,25)(H,21,26)(H,22,27)(H,29,30). The Morgan fingerprint density at radius 2 is 1.73 bits per heavy atom. The van der Waals surface area contributed by atoms with Crippen LogP contribution >= 0.6 is 0 Å². The van der Waals surface area contributed by atoms with Crippen LogP contribution in [0, 0.1) is 5.92 Å². The molecule has 0 aromatic rings. The Kier molecular flexibility index (Phi) is 9.66. The van der Waals surface area contributed by atoms with Crippen molar-refractivity contribution in [2.24, 2.45) is 17.4 Å². The van der Waals surface area contributed by atoms with Crippen molar-refractivity contribution >= 4 is 29.6 Å². The topological polar surface area (TPSA) is 205 Å². The van der Waals surface area contributed by atoms with Gasteiger partial charge in [-0.3, -0.25) is 19.2 Å². The SMILES string of the molecule is CCC(C)C(N)C(=O)NC(CO)C(=O)NC(CC(N)=O)C(=O)N1CCCC1C(=O)O. The maximum Gasteiger partial charge on any atom is 0.326 e. The Morgan fingerprint density at radius 1 is 1.13 bits per heavy atom. The molecule has 8 N–H and O–H groups in total. The number of primary amides is 1. The number of hydrogen-bond acceptors (Lipinski definition) is 7. The molecule has 170 valence electrons. The molecule has 0 radical (unpaired) electrons. The first-order chi connectivity index (χ1) is 14.0. The summed E-state index contributed by atoms with van der Waals surface area (Å²) >= 11 is 0. The molecule has 5 atom stereocenters. The van der Waals surface area contributed by atoms with Gasteiger partial charge in [-0.05, 0) is 18.8 Å². The van der Waals surface area contributed by atoms with Gasteiger partial charge in [-0.2, -0.15) is 0 Å². The first-order valence-corrected chi connectivity index (χ1v) is 9.82. The number of nitrogens with zero attached hydrogens (tertiary/aromatic N) is 1. The third kappa shape index (κ3) is 6.66. The highest BCUT2D eigenvalue weighted by atomic mass is 16.4. The maximum atomic E-state index is 12.8. The van der Waals surface area contributed by atoms with Gasteiger partial charge in [0.1, 0.15) is 18.1 Å². The van der Waals surface area contributed by atoms with E-state index in [2.05, 4.69) is 10.6 Å². The maximum absolute atomic E-state index is 12.8. The number of hydrogen-bond donors (Lipinski definition) is 6. The number of carboxylic acids is 1. The van der Waals surface area contributed by atoms with Crippen LogP contribution in [0.5, 0.6) is 0 Å². The number of aliphatic hydroxyl groups excluding tert-OH is 1. The van der Waals surface area contributed by atoms with Gasteiger partial charge in [0.25, 0.3) is 0 Å². The van der Waals surface area contributed by atoms with Crippen LogP contribution in [0.15, 0.2) is 0 Å². The van der Waals surface area contributed by atoms with Crippen molar-refractivity contribution in [3.63, 3.8) is 0 Å². The third-order valence-electron chi connectivity index (χ3n) is 5.22. The molecule has 12 heteroatoms. The molecule has 1 aliphatic heterocycles. The first-order valence-electron chi connectivity index (χ1n) is 9.82. The second-order valence-corrected chi connectivity index (χ2v) is 7.41. The fourth-order valence-corrected chi connectivity index (χ4v) is 3.14. The van der Waals surface area contributed by atoms with E-state index < -0.39 is 66.8 Å². The quantitative estimate of drug-likeness (QED) is 0.203. The third-order valence-corrected chi connectivity index (χ3v) is 5.22. The Hall–Kier alpha value is -2.73. The summed E-state index contributed by atoms with van der Waals surface area (Å²) < 4.78 is 0. The van der Waals surface area contributed by atoms with Crippen LogP contribution in [0.25, 0.3) is 0 Å². The van der Waals surface area contributed by atoms with Gasteiger partial charge in [0, 0.05) is 6.54 Å². The van der Waals surface area contributed by atoms with E-state index in [1.54, 1.807) is 6.92 Å². The number of carbonyl (C=O) groups is 5. The van der Waals surface area contributed by atoms with Crippen molar-refractivity contribution in [1.82, 2.24) is 15.5 Å². The summed E-state index contributed by atoms with van der Waals surface area (Å²) in [6, 6.07) is -4.80. The molecular weight excluding hydrogens is 398 g/mol. The van der Waals surface area contributed by atoms with Crippen molar-refractivity contribution in [1.29, 1.82) is 0 Å². The number of likely N-dealkylation sites (tertiary alicyclic amines) is 1. The zero-order valence-corrected chi connectivity index (χ0v) is 17.2. The van der Waals surface area contributed by atoms with Gasteiger partial charge in [0.15, 0.2) is 0 Å². The van der Waals surface area contributed by atoms with Gasteiger partial charge in [-0.25, -0.2) is 4.79 Å². The fraction of sp³-hybridized carbons (Fsp3) is 0.722. The zero-order valence-electron chi connectivity index (χ0n) is 17.2. The van der Waals surface area contributed by atoms with Crippen molar-refractivity contribution in [3.8, 4) is 0 Å². The van der Waals surface area contributed by atoms with E-state index in [1.165, 1.54) is 0 Å². The number of carboxylic acid groups (broad SMARTS) is 1. The summed E-state index contributed by atoms with van der Waals surface area (Å²) in [5.41, 5.74) is 11.0. The molecule has 0 aliphatic carbocycles. The summed E-state index contributed by atoms with van der Waals surface area (Å²) in [5, 5.41) is 23.4. The zero-order chi connectivity index (χ0) is 23.0. The van der Waals surface area contributed by atoms with Crippen LogP contribution in [-0.4, -0.2) is 82.0 Å². The number of aliphatic carboxylic acids is 1. The molecule has 30 heavy (non-hydrogen) atoms. The largest absolute Gasteiger partial charge is 0.480 e. The minimum absolute atomic E-state index is 0.158. The lowest BCUT2D eigenvalue weighted by Gasteiger charge is -2.28. The number of nitrogens with one attached hydrogen (secondary N) is 2. The average Bonchev–Trinajstić information content (AvgIpc) is 3.19. The van der Waals surface area contributed by atoms with Crippen LogP contribution in [0.2, 0.25) is 0 Å². The Balaban J connectivity index is 2.90. The van der Waals surface area contributed by atoms with Crippen molar-refractivity contribution in [3.05, 3.63) is 0 Å². The van der Waals surface area contributed by atoms with E-state index in [4.69, 9.17) is 11.5 Å². The molecule has 1 fully saturated rings. The summed E-state index contributed by atoms with van der Waals surface area (Å²) in [5.74, 6) is -4.59. The molecule has 0 aromatic heterocycles. The van der Waals surface area contributed by atoms with E-state index in [9.17, 15) is 34.2 Å². The monoisotopic (exact) mass is 429 g/mol. The number of aliphatic hydroxyl groups is 1. The van der Waals surface area contributed by atoms with E-state index in [-0.39, 0.29) is 18.9 Å². The molecule has 0 spiro atoms. The number of carbonyl (C=O) groups excluding carboxylic acids is 4. The Bertz CT molecular complexity index is 671. The summed E-state index contributed by atoms with van der Waals surface area (Å²) in [6.07, 6.45) is 0.774. The lowest BCUT2D eigenvalue weighted by Crippen LogP contribution is -2.59. The first kappa shape index (κ1) is 25.3. The minimum Gasteiger partial charge on any atom is -0.480 e. The summed E-state index contributed by atoms with van der Waals surface area (Å²) in [7, 11) is 0. The van der Waals surface area contributed by atoms with Crippen molar-refractivity contribution < 1.29 is 34.2 Å². The van der Waals surface area contributed by atoms with E-state index >= 15 is 0 Å². The highest BCUT2D eigenvalue weighted by Gasteiger charge is 2.39. The highest BCUT2D eigenvalue weighted by Crippen LogP contribution is 2.19. The van der Waals surface area contributed by atoms with Gasteiger partial charge >= 0.3 is 5.97 Å². The molecule has 1 heterocycles. The molecule has 5 unspecified atom stereocenters. The van der Waals surface area contributed by atoms with Gasteiger partial charge < -0.3 is 37.2 Å². The fourth-order valence-electron chi connectivity index (χ4n) is 3.14. The molecule has 0 saturated carbocycles. The van der Waals surface area contributed by atoms with Crippen LogP contribution in [0.1, 0.15) is 39.5 Å². The molecule has 12 nitrogen and oxygen atoms in total. The Labute approximate surface area is 174 Å². The molecule has 1 rings (SSSR count). The predicted octanol–water partition coefficient (Wildman–Crippen LogP) is -2.73. The molecule has 0 bridgehead atoms. The number of amides is 4. The van der Waals surface area contributed by atoms with Crippen LogP contribution in [0.3, 0.4) is 0 Å². The summed E-state index contributed by atoms with van der Waals surface area (Å²) in [4.78, 5) is 61.3. The second kappa shape index (κ2) is 11.5. The van der Waals surface area contributed by atoms with Crippen LogP contribution < -0.4 is 22.1 Å². The normalized spacial score (nSPS) is 20.0. The molecule has 1 aliphatic rings. The van der Waals surface area contributed by atoms with E-state index in [0.717, 1.165) is 4.90 Å². The molecule has 4 amide bonds. The number of rotatable bonds is 11. The molecule has 0 aromatic carbocycles. The lowest BCUT2D eigenvalue weighted by molar-refractivity contribution is -0.149. The van der Waals surface area contributed by atoms with Gasteiger partial charge in [0.05, 0.1) is 19.1 Å². The van der Waals surface area contributed by atoms with Gasteiger partial charge in [0.2, 0.25) is 23.6 Å². The molecule has 1 saturated heterocycles. The lowest BCUT2D eigenvalue weighted by atomic mass is 9.99. The minimum atomic E-state index is -1.43. The second-order valence-electron chi connectivity index (χ2n) is 7.41. The van der Waals surface area contributed by atoms with Gasteiger partial charge in [-0.15, -0.1) is 0 Å². The molecular formula is C18H31N5O7. The van der Waals surface area contributed by atoms with E-state index in [1.807, 2.05) is 6.92 Å². The smallest absolute Gasteiger partial charge is 0.326 e. The van der Waals surface area contributed by atoms with E-state index in [0.29, 0.717) is 12.8 Å². The Morgan fingerprint density at radius 3 is 2.23 bits per heavy atom. The predicted molar refractivity (Wildman–Crippen MR) is 105 cm³/mol. The number of nitrogens with two attached hydrogens (primary N) is 2. The highest BCUT2D eigenvalue weighted by molar-refractivity contribution is 5.96. The van der Waals surface area contributed by atoms with Crippen LogP contribution in [0.4, 0.5) is 0 Å². The average molecular weight is 429 g/mol.